The number of ether oxygens (including phenoxy) is 3. The summed E-state index contributed by atoms with van der Waals surface area (Å²) in [5.41, 5.74) is 3.35. The lowest BCUT2D eigenvalue weighted by Gasteiger charge is -2.36. The van der Waals surface area contributed by atoms with E-state index in [-0.39, 0.29) is 23.4 Å². The van der Waals surface area contributed by atoms with Gasteiger partial charge in [-0.25, -0.2) is 19.9 Å². The Morgan fingerprint density at radius 1 is 0.875 bits per heavy atom. The van der Waals surface area contributed by atoms with Gasteiger partial charge in [-0.05, 0) is 30.3 Å². The molecule has 1 aromatic carbocycles. The van der Waals surface area contributed by atoms with Crippen molar-refractivity contribution < 1.29 is 24.1 Å². The molecule has 1 N–H and O–H groups in total. The van der Waals surface area contributed by atoms with Crippen LogP contribution >= 0.6 is 22.7 Å². The van der Waals surface area contributed by atoms with Gasteiger partial charge >= 0.3 is 0 Å². The SMILES string of the molecule is COc1cc(N2CCN(C(=O)c3csc4c(Oc5cccc(-c6nc(N7CCOCC7)c7c(C#N)csc7n6)n5)nc(-c5ccccn5)nc34)CC2)ccc1O. The van der Waals surface area contributed by atoms with Crippen molar-refractivity contribution in [3.63, 3.8) is 0 Å². The molecule has 2 fully saturated rings. The molecule has 6 aromatic heterocycles. The summed E-state index contributed by atoms with van der Waals surface area (Å²) in [4.78, 5) is 49.6. The van der Waals surface area contributed by atoms with Crippen molar-refractivity contribution in [3.8, 4) is 52.4 Å². The zero-order chi connectivity index (χ0) is 38.2. The summed E-state index contributed by atoms with van der Waals surface area (Å²) in [6, 6.07) is 18.3. The lowest BCUT2D eigenvalue weighted by atomic mass is 10.2. The first-order valence-electron chi connectivity index (χ1n) is 17.8. The molecule has 2 aliphatic rings. The number of carbonyl (C=O) groups excluding carboxylic acids is 1. The molecule has 0 spiro atoms. The summed E-state index contributed by atoms with van der Waals surface area (Å²) in [5, 5.41) is 24.2. The number of pyridine rings is 2. The number of phenols is 1. The molecule has 0 radical (unpaired) electrons. The van der Waals surface area contributed by atoms with Gasteiger partial charge in [-0.3, -0.25) is 9.78 Å². The van der Waals surface area contributed by atoms with Crippen molar-refractivity contribution in [3.05, 3.63) is 82.7 Å². The molecule has 0 atom stereocenters. The van der Waals surface area contributed by atoms with E-state index >= 15 is 0 Å². The molecule has 56 heavy (non-hydrogen) atoms. The van der Waals surface area contributed by atoms with E-state index in [0.717, 1.165) is 11.1 Å². The van der Waals surface area contributed by atoms with Crippen molar-refractivity contribution in [2.45, 2.75) is 0 Å². The first-order valence-corrected chi connectivity index (χ1v) is 19.5. The fourth-order valence-corrected chi connectivity index (χ4v) is 8.51. The van der Waals surface area contributed by atoms with Gasteiger partial charge < -0.3 is 34.0 Å². The number of anilines is 2. The number of morpholine rings is 1. The maximum absolute atomic E-state index is 14.1. The highest BCUT2D eigenvalue weighted by atomic mass is 32.1. The number of nitrogens with zero attached hydrogens (tertiary/aromatic N) is 10. The number of benzene rings is 1. The van der Waals surface area contributed by atoms with Crippen LogP contribution in [-0.2, 0) is 4.74 Å². The van der Waals surface area contributed by atoms with Gasteiger partial charge in [-0.2, -0.15) is 10.2 Å². The second-order valence-corrected chi connectivity index (χ2v) is 14.6. The van der Waals surface area contributed by atoms with Crippen LogP contribution < -0.4 is 19.3 Å². The zero-order valence-electron chi connectivity index (χ0n) is 30.0. The minimum absolute atomic E-state index is 0.0762. The Hall–Kier alpha value is -6.48. The lowest BCUT2D eigenvalue weighted by Crippen LogP contribution is -2.48. The first-order chi connectivity index (χ1) is 27.5. The van der Waals surface area contributed by atoms with Gasteiger partial charge in [0.25, 0.3) is 5.91 Å². The van der Waals surface area contributed by atoms with Crippen LogP contribution in [0, 0.1) is 11.3 Å². The monoisotopic (exact) mass is 784 g/mol. The molecule has 9 rings (SSSR count). The van der Waals surface area contributed by atoms with Crippen molar-refractivity contribution >= 4 is 60.5 Å². The number of hydrogen-bond donors (Lipinski definition) is 1. The smallest absolute Gasteiger partial charge is 0.257 e. The van der Waals surface area contributed by atoms with Crippen molar-refractivity contribution in [2.24, 2.45) is 0 Å². The molecule has 1 amide bonds. The fraction of sp³-hybridized carbons (Fsp3) is 0.231. The molecule has 0 unspecified atom stereocenters. The van der Waals surface area contributed by atoms with Crippen molar-refractivity contribution in [1.29, 1.82) is 5.26 Å². The molecule has 0 aliphatic carbocycles. The molecule has 280 valence electrons. The Morgan fingerprint density at radius 2 is 1.70 bits per heavy atom. The van der Waals surface area contributed by atoms with E-state index in [0.29, 0.717) is 113 Å². The van der Waals surface area contributed by atoms with Gasteiger partial charge in [0, 0.05) is 74.0 Å². The fourth-order valence-electron chi connectivity index (χ4n) is 6.74. The van der Waals surface area contributed by atoms with Crippen LogP contribution in [-0.4, -0.2) is 105 Å². The summed E-state index contributed by atoms with van der Waals surface area (Å²) in [5.74, 6) is 2.19. The van der Waals surface area contributed by atoms with Crippen LogP contribution in [0.3, 0.4) is 0 Å². The van der Waals surface area contributed by atoms with Gasteiger partial charge in [-0.15, -0.1) is 22.7 Å². The molecular weight excluding hydrogens is 753 g/mol. The molecule has 17 heteroatoms. The third-order valence-corrected chi connectivity index (χ3v) is 11.4. The van der Waals surface area contributed by atoms with Gasteiger partial charge in [0.05, 0.1) is 36.8 Å². The van der Waals surface area contributed by atoms with Crippen LogP contribution in [0.1, 0.15) is 15.9 Å². The number of fused-ring (bicyclic) bond motifs is 2. The normalized spacial score (nSPS) is 14.6. The standard InChI is InChI=1S/C39H32N10O5S2/c1-52-29-19-24(8-9-28(29)50)47-11-13-49(14-12-47)39(51)25-22-55-33-32(25)43-34(26-5-2-3-10-41-26)45-37(33)54-30-7-4-6-27(42-30)35-44-36(48-15-17-53-18-16-48)31-23(20-40)21-56-38(31)46-35/h2-10,19,21-22,50H,11-18H2,1H3. The Bertz CT molecular complexity index is 2630. The maximum atomic E-state index is 14.1. The highest BCUT2D eigenvalue weighted by Crippen LogP contribution is 2.38. The topological polar surface area (TPSA) is 176 Å². The largest absolute Gasteiger partial charge is 0.504 e. The van der Waals surface area contributed by atoms with Gasteiger partial charge in [-0.1, -0.05) is 12.1 Å². The van der Waals surface area contributed by atoms with Crippen molar-refractivity contribution in [2.75, 3.05) is 69.4 Å². The molecule has 0 bridgehead atoms. The Labute approximate surface area is 328 Å². The van der Waals surface area contributed by atoms with E-state index in [1.165, 1.54) is 29.8 Å². The summed E-state index contributed by atoms with van der Waals surface area (Å²) >= 11 is 2.71. The number of aromatic hydroxyl groups is 1. The van der Waals surface area contributed by atoms with Gasteiger partial charge in [0.1, 0.15) is 38.3 Å². The van der Waals surface area contributed by atoms with Crippen LogP contribution in [0.4, 0.5) is 11.5 Å². The van der Waals surface area contributed by atoms with Crippen LogP contribution in [0.2, 0.25) is 0 Å². The molecule has 2 aliphatic heterocycles. The van der Waals surface area contributed by atoms with Crippen LogP contribution in [0.5, 0.6) is 23.3 Å². The van der Waals surface area contributed by atoms with Crippen LogP contribution in [0.25, 0.3) is 43.5 Å². The number of aromatic nitrogens is 6. The molecular formula is C39H32N10O5S2. The number of nitriles is 1. The molecule has 7 aromatic rings. The molecule has 15 nitrogen and oxygen atoms in total. The predicted octanol–water partition coefficient (Wildman–Crippen LogP) is 6.00. The highest BCUT2D eigenvalue weighted by molar-refractivity contribution is 7.18. The van der Waals surface area contributed by atoms with E-state index in [4.69, 9.17) is 39.1 Å². The summed E-state index contributed by atoms with van der Waals surface area (Å²) < 4.78 is 17.9. The van der Waals surface area contributed by atoms with E-state index in [1.807, 2.05) is 35.2 Å². The average molecular weight is 785 g/mol. The number of amides is 1. The second kappa shape index (κ2) is 15.0. The van der Waals surface area contributed by atoms with Crippen molar-refractivity contribution in [1.82, 2.24) is 34.8 Å². The number of rotatable bonds is 8. The van der Waals surface area contributed by atoms with E-state index in [9.17, 15) is 15.2 Å². The minimum atomic E-state index is -0.146. The first kappa shape index (κ1) is 35.2. The number of thiophene rings is 2. The Kier molecular flexibility index (Phi) is 9.43. The third kappa shape index (κ3) is 6.63. The number of carbonyl (C=O) groups is 1. The molecule has 8 heterocycles. The van der Waals surface area contributed by atoms with E-state index in [1.54, 1.807) is 41.2 Å². The summed E-state index contributed by atoms with van der Waals surface area (Å²) in [7, 11) is 1.52. The highest BCUT2D eigenvalue weighted by Gasteiger charge is 2.28. The van der Waals surface area contributed by atoms with E-state index < -0.39 is 0 Å². The van der Waals surface area contributed by atoms with Crippen LogP contribution in [0.15, 0.2) is 71.6 Å². The number of phenolic OH excluding ortho intramolecular Hbond substituents is 1. The quantitative estimate of drug-likeness (QED) is 0.190. The Balaban J connectivity index is 1.03. The average Bonchev–Trinajstić information content (AvgIpc) is 3.89. The second-order valence-electron chi connectivity index (χ2n) is 12.9. The van der Waals surface area contributed by atoms with Gasteiger partial charge in [0.15, 0.2) is 23.1 Å². The molecule has 2 saturated heterocycles. The summed E-state index contributed by atoms with van der Waals surface area (Å²) in [6.45, 7) is 4.58. The van der Waals surface area contributed by atoms with Gasteiger partial charge in [0.2, 0.25) is 11.8 Å². The predicted molar refractivity (Wildman–Crippen MR) is 212 cm³/mol. The summed E-state index contributed by atoms with van der Waals surface area (Å²) in [6.07, 6.45) is 1.66. The lowest BCUT2D eigenvalue weighted by molar-refractivity contribution is 0.0749. The number of methoxy groups -OCH3 is 1. The third-order valence-electron chi connectivity index (χ3n) is 9.60. The number of hydrogen-bond acceptors (Lipinski definition) is 16. The zero-order valence-corrected chi connectivity index (χ0v) is 31.6. The van der Waals surface area contributed by atoms with E-state index in [2.05, 4.69) is 20.9 Å². The Morgan fingerprint density at radius 3 is 2.48 bits per heavy atom. The minimum Gasteiger partial charge on any atom is -0.504 e. The molecule has 0 saturated carbocycles. The maximum Gasteiger partial charge on any atom is 0.257 e. The number of piperazine rings is 1.